The van der Waals surface area contributed by atoms with Crippen molar-refractivity contribution in [3.63, 3.8) is 0 Å². The third-order valence-corrected chi connectivity index (χ3v) is 3.89. The van der Waals surface area contributed by atoms with Crippen LogP contribution < -0.4 is 5.32 Å². The molecule has 2 rings (SSSR count). The minimum absolute atomic E-state index is 0.709. The van der Waals surface area contributed by atoms with E-state index in [9.17, 15) is 0 Å². The normalized spacial score (nSPS) is 19.9. The first-order valence-corrected chi connectivity index (χ1v) is 7.38. The summed E-state index contributed by atoms with van der Waals surface area (Å²) in [6.45, 7) is 5.29. The van der Waals surface area contributed by atoms with E-state index in [1.54, 1.807) is 7.11 Å². The molecule has 1 fully saturated rings. The van der Waals surface area contributed by atoms with Crippen molar-refractivity contribution in [2.45, 2.75) is 25.3 Å². The maximum Gasteiger partial charge on any atom is 0.0587 e. The molecule has 0 saturated carbocycles. The van der Waals surface area contributed by atoms with Gasteiger partial charge in [0.2, 0.25) is 0 Å². The van der Waals surface area contributed by atoms with Crippen molar-refractivity contribution in [3.8, 4) is 0 Å². The molecule has 3 heteroatoms. The van der Waals surface area contributed by atoms with E-state index in [1.165, 1.54) is 31.5 Å². The van der Waals surface area contributed by atoms with Crippen LogP contribution in [0.25, 0.3) is 0 Å². The second-order valence-corrected chi connectivity index (χ2v) is 5.26. The molecule has 19 heavy (non-hydrogen) atoms. The molecule has 1 aliphatic heterocycles. The highest BCUT2D eigenvalue weighted by Gasteiger charge is 2.23. The Balaban J connectivity index is 1.70. The van der Waals surface area contributed by atoms with Gasteiger partial charge in [-0.1, -0.05) is 30.3 Å². The van der Waals surface area contributed by atoms with Crippen molar-refractivity contribution >= 4 is 0 Å². The van der Waals surface area contributed by atoms with Crippen LogP contribution in [-0.4, -0.2) is 50.8 Å². The van der Waals surface area contributed by atoms with Gasteiger partial charge in [-0.3, -0.25) is 4.90 Å². The molecule has 1 N–H and O–H groups in total. The SMILES string of the molecule is COCCNCC1CCCN1CCc1ccccc1. The van der Waals surface area contributed by atoms with Gasteiger partial charge in [0, 0.05) is 32.8 Å². The van der Waals surface area contributed by atoms with Crippen molar-refractivity contribution in [2.75, 3.05) is 39.9 Å². The Labute approximate surface area is 116 Å². The molecule has 106 valence electrons. The summed E-state index contributed by atoms with van der Waals surface area (Å²) in [7, 11) is 1.75. The predicted octanol–water partition coefficient (Wildman–Crippen LogP) is 1.93. The molecule has 1 heterocycles. The summed E-state index contributed by atoms with van der Waals surface area (Å²) in [5.41, 5.74) is 1.44. The van der Waals surface area contributed by atoms with Gasteiger partial charge in [0.1, 0.15) is 0 Å². The van der Waals surface area contributed by atoms with Crippen LogP contribution in [0.5, 0.6) is 0 Å². The molecular formula is C16H26N2O. The number of rotatable bonds is 8. The van der Waals surface area contributed by atoms with Gasteiger partial charge in [-0.15, -0.1) is 0 Å². The van der Waals surface area contributed by atoms with Crippen molar-refractivity contribution in [3.05, 3.63) is 35.9 Å². The van der Waals surface area contributed by atoms with Crippen LogP contribution in [0.4, 0.5) is 0 Å². The molecule has 0 radical (unpaired) electrons. The summed E-state index contributed by atoms with van der Waals surface area (Å²) in [5, 5.41) is 3.49. The summed E-state index contributed by atoms with van der Waals surface area (Å²) in [6, 6.07) is 11.5. The van der Waals surface area contributed by atoms with E-state index in [0.29, 0.717) is 6.04 Å². The van der Waals surface area contributed by atoms with Gasteiger partial charge in [0.15, 0.2) is 0 Å². The molecular weight excluding hydrogens is 236 g/mol. The van der Waals surface area contributed by atoms with E-state index in [4.69, 9.17) is 4.74 Å². The highest BCUT2D eigenvalue weighted by Crippen LogP contribution is 2.17. The monoisotopic (exact) mass is 262 g/mol. The summed E-state index contributed by atoms with van der Waals surface area (Å²) >= 11 is 0. The molecule has 1 saturated heterocycles. The fourth-order valence-electron chi connectivity index (χ4n) is 2.78. The molecule has 1 atom stereocenters. The molecule has 0 aromatic heterocycles. The molecule has 0 bridgehead atoms. The standard InChI is InChI=1S/C16H26N2O/c1-19-13-10-17-14-16-8-5-11-18(16)12-9-15-6-3-2-4-7-15/h2-4,6-7,16-17H,5,8-14H2,1H3. The van der Waals surface area contributed by atoms with Crippen molar-refractivity contribution in [2.24, 2.45) is 0 Å². The van der Waals surface area contributed by atoms with Gasteiger partial charge >= 0.3 is 0 Å². The zero-order valence-corrected chi connectivity index (χ0v) is 12.0. The molecule has 0 spiro atoms. The number of likely N-dealkylation sites (tertiary alicyclic amines) is 1. The van der Waals surface area contributed by atoms with E-state index in [0.717, 1.165) is 26.1 Å². The van der Waals surface area contributed by atoms with Gasteiger partial charge in [-0.25, -0.2) is 0 Å². The highest BCUT2D eigenvalue weighted by atomic mass is 16.5. The first-order valence-electron chi connectivity index (χ1n) is 7.38. The maximum atomic E-state index is 5.06. The van der Waals surface area contributed by atoms with Gasteiger partial charge in [-0.05, 0) is 31.4 Å². The second-order valence-electron chi connectivity index (χ2n) is 5.26. The Morgan fingerprint density at radius 2 is 2.16 bits per heavy atom. The molecule has 1 aromatic carbocycles. The number of hydrogen-bond acceptors (Lipinski definition) is 3. The van der Waals surface area contributed by atoms with Crippen molar-refractivity contribution in [1.82, 2.24) is 10.2 Å². The van der Waals surface area contributed by atoms with Crippen LogP contribution in [0, 0.1) is 0 Å². The summed E-state index contributed by atoms with van der Waals surface area (Å²) in [5.74, 6) is 0. The first kappa shape index (κ1) is 14.5. The van der Waals surface area contributed by atoms with Crippen molar-refractivity contribution in [1.29, 1.82) is 0 Å². The second kappa shape index (κ2) is 8.31. The molecule has 0 amide bonds. The quantitative estimate of drug-likeness (QED) is 0.725. The van der Waals surface area contributed by atoms with Crippen LogP contribution in [0.3, 0.4) is 0 Å². The third-order valence-electron chi connectivity index (χ3n) is 3.89. The van der Waals surface area contributed by atoms with Gasteiger partial charge in [0.25, 0.3) is 0 Å². The number of nitrogens with one attached hydrogen (secondary N) is 1. The predicted molar refractivity (Wildman–Crippen MR) is 79.5 cm³/mol. The van der Waals surface area contributed by atoms with Crippen LogP contribution in [0.15, 0.2) is 30.3 Å². The van der Waals surface area contributed by atoms with E-state index in [1.807, 2.05) is 0 Å². The largest absolute Gasteiger partial charge is 0.383 e. The van der Waals surface area contributed by atoms with E-state index in [-0.39, 0.29) is 0 Å². The number of ether oxygens (including phenoxy) is 1. The summed E-state index contributed by atoms with van der Waals surface area (Å²) in [6.07, 6.45) is 3.83. The smallest absolute Gasteiger partial charge is 0.0587 e. The minimum Gasteiger partial charge on any atom is -0.383 e. The maximum absolute atomic E-state index is 5.06. The lowest BCUT2D eigenvalue weighted by Crippen LogP contribution is -2.39. The molecule has 1 unspecified atom stereocenters. The van der Waals surface area contributed by atoms with Gasteiger partial charge in [-0.2, -0.15) is 0 Å². The van der Waals surface area contributed by atoms with Crippen LogP contribution in [-0.2, 0) is 11.2 Å². The first-order chi connectivity index (χ1) is 9.40. The summed E-state index contributed by atoms with van der Waals surface area (Å²) in [4.78, 5) is 2.63. The number of hydrogen-bond donors (Lipinski definition) is 1. The van der Waals surface area contributed by atoms with Gasteiger partial charge in [0.05, 0.1) is 6.61 Å². The molecule has 3 nitrogen and oxygen atoms in total. The number of methoxy groups -OCH3 is 1. The van der Waals surface area contributed by atoms with Gasteiger partial charge < -0.3 is 10.1 Å². The lowest BCUT2D eigenvalue weighted by molar-refractivity contribution is 0.192. The Bertz CT molecular complexity index is 342. The molecule has 1 aliphatic rings. The fraction of sp³-hybridized carbons (Fsp3) is 0.625. The zero-order chi connectivity index (χ0) is 13.3. The van der Waals surface area contributed by atoms with E-state index < -0.39 is 0 Å². The van der Waals surface area contributed by atoms with Crippen LogP contribution >= 0.6 is 0 Å². The zero-order valence-electron chi connectivity index (χ0n) is 12.0. The lowest BCUT2D eigenvalue weighted by atomic mass is 10.1. The Morgan fingerprint density at radius 1 is 1.32 bits per heavy atom. The van der Waals surface area contributed by atoms with E-state index >= 15 is 0 Å². The highest BCUT2D eigenvalue weighted by molar-refractivity contribution is 5.15. The Kier molecular flexibility index (Phi) is 6.34. The topological polar surface area (TPSA) is 24.5 Å². The average molecular weight is 262 g/mol. The van der Waals surface area contributed by atoms with Crippen LogP contribution in [0.1, 0.15) is 18.4 Å². The Hall–Kier alpha value is -0.900. The summed E-state index contributed by atoms with van der Waals surface area (Å²) < 4.78 is 5.06. The number of benzene rings is 1. The fourth-order valence-corrected chi connectivity index (χ4v) is 2.78. The molecule has 0 aliphatic carbocycles. The minimum atomic E-state index is 0.709. The lowest BCUT2D eigenvalue weighted by Gasteiger charge is -2.24. The third kappa shape index (κ3) is 4.94. The van der Waals surface area contributed by atoms with Crippen molar-refractivity contribution < 1.29 is 4.74 Å². The molecule has 1 aromatic rings. The Morgan fingerprint density at radius 3 is 2.95 bits per heavy atom. The number of nitrogens with zero attached hydrogens (tertiary/aromatic N) is 1. The average Bonchev–Trinajstić information content (AvgIpc) is 2.90. The van der Waals surface area contributed by atoms with E-state index in [2.05, 4.69) is 40.5 Å². The van der Waals surface area contributed by atoms with Crippen LogP contribution in [0.2, 0.25) is 0 Å².